The molecule has 1 saturated carbocycles. The van der Waals surface area contributed by atoms with Gasteiger partial charge in [0.2, 0.25) is 6.20 Å². The Balaban J connectivity index is 1.65. The van der Waals surface area contributed by atoms with Crippen LogP contribution in [0.3, 0.4) is 0 Å². The summed E-state index contributed by atoms with van der Waals surface area (Å²) >= 11 is 0. The zero-order chi connectivity index (χ0) is 26.2. The Labute approximate surface area is 213 Å². The van der Waals surface area contributed by atoms with Crippen molar-refractivity contribution in [3.05, 3.63) is 66.5 Å². The molecule has 1 aliphatic carbocycles. The number of fused-ring (bicyclic) bond motifs is 2. The van der Waals surface area contributed by atoms with Crippen LogP contribution in [-0.4, -0.2) is 59.6 Å². The number of halogens is 1. The fraction of sp³-hybridized carbons (Fsp3) is 0.259. The Kier molecular flexibility index (Phi) is 6.34. The zero-order valence-electron chi connectivity index (χ0n) is 20.9. The Morgan fingerprint density at radius 3 is 2.81 bits per heavy atom. The summed E-state index contributed by atoms with van der Waals surface area (Å²) in [5.41, 5.74) is 8.26. The topological polar surface area (TPSA) is 113 Å². The highest BCUT2D eigenvalue weighted by Gasteiger charge is 2.46. The molecule has 2 heterocycles. The standard InChI is InChI=1S/C27H29FN7O2/c1-30-14-18(13-29)17-11-21-24(23(12-17)37-27(8-9-27)15-34(2)3)26(32-16-31-21)33-20-6-7-22-19(25(20)28)5-4-10-35(22)36/h4-7,10-14,16,36H,8-9,15,29H2,1-3H3,(H,31,32,33)/q+1/b18-13+,30-14?. The third-order valence-electron chi connectivity index (χ3n) is 6.37. The molecule has 0 bridgehead atoms. The molecule has 190 valence electrons. The molecular weight excluding hydrogens is 473 g/mol. The number of hydrogen-bond acceptors (Lipinski definition) is 8. The van der Waals surface area contributed by atoms with Crippen LogP contribution < -0.4 is 20.5 Å². The van der Waals surface area contributed by atoms with Crippen molar-refractivity contribution < 1.29 is 19.1 Å². The number of nitrogens with two attached hydrogens (primary N) is 1. The number of nitrogens with zero attached hydrogens (tertiary/aromatic N) is 5. The van der Waals surface area contributed by atoms with Crippen LogP contribution in [0.15, 0.2) is 60.1 Å². The maximum Gasteiger partial charge on any atom is 0.267 e. The average Bonchev–Trinajstić information content (AvgIpc) is 3.62. The van der Waals surface area contributed by atoms with Gasteiger partial charge in [-0.15, -0.1) is 0 Å². The minimum absolute atomic E-state index is 0.212. The minimum atomic E-state index is -0.509. The SMILES string of the molecule is CN=C/C(=C\N)c1cc(OC2(CN(C)C)CC2)c2c(Nc3ccc4c(ccc[n+]4O)c3F)ncnc2c1. The lowest BCUT2D eigenvalue weighted by molar-refractivity contribution is -0.884. The first-order chi connectivity index (χ1) is 17.8. The second kappa shape index (κ2) is 9.62. The number of aromatic nitrogens is 3. The third-order valence-corrected chi connectivity index (χ3v) is 6.37. The van der Waals surface area contributed by atoms with E-state index in [1.807, 2.05) is 26.2 Å². The molecule has 0 radical (unpaired) electrons. The molecule has 9 nitrogen and oxygen atoms in total. The van der Waals surface area contributed by atoms with Gasteiger partial charge in [0, 0.05) is 48.4 Å². The minimum Gasteiger partial charge on any atom is -0.485 e. The molecule has 1 fully saturated rings. The Morgan fingerprint density at radius 1 is 1.30 bits per heavy atom. The summed E-state index contributed by atoms with van der Waals surface area (Å²) in [6, 6.07) is 10.2. The lowest BCUT2D eigenvalue weighted by Crippen LogP contribution is -2.32. The molecule has 37 heavy (non-hydrogen) atoms. The van der Waals surface area contributed by atoms with Gasteiger partial charge in [-0.1, -0.05) is 0 Å². The van der Waals surface area contributed by atoms with E-state index in [1.54, 1.807) is 37.5 Å². The third kappa shape index (κ3) is 4.75. The van der Waals surface area contributed by atoms with Crippen LogP contribution >= 0.6 is 0 Å². The highest BCUT2D eigenvalue weighted by atomic mass is 19.1. The van der Waals surface area contributed by atoms with E-state index >= 15 is 4.39 Å². The molecule has 5 rings (SSSR count). The van der Waals surface area contributed by atoms with Crippen molar-refractivity contribution in [3.8, 4) is 5.75 Å². The van der Waals surface area contributed by atoms with E-state index < -0.39 is 5.82 Å². The molecule has 2 aromatic heterocycles. The Bertz CT molecular complexity index is 1550. The lowest BCUT2D eigenvalue weighted by atomic mass is 10.0. The first kappa shape index (κ1) is 24.4. The molecule has 0 saturated heterocycles. The van der Waals surface area contributed by atoms with Gasteiger partial charge in [0.05, 0.1) is 22.0 Å². The van der Waals surface area contributed by atoms with Crippen LogP contribution in [0.1, 0.15) is 18.4 Å². The summed E-state index contributed by atoms with van der Waals surface area (Å²) in [7, 11) is 5.71. The van der Waals surface area contributed by atoms with Crippen molar-refractivity contribution in [2.45, 2.75) is 18.4 Å². The van der Waals surface area contributed by atoms with Crippen LogP contribution in [0.2, 0.25) is 0 Å². The number of rotatable bonds is 8. The number of allylic oxidation sites excluding steroid dienone is 1. The molecule has 0 atom stereocenters. The Hall–Kier alpha value is -4.31. The van der Waals surface area contributed by atoms with Gasteiger partial charge in [-0.25, -0.2) is 14.4 Å². The fourth-order valence-corrected chi connectivity index (χ4v) is 4.56. The van der Waals surface area contributed by atoms with Gasteiger partial charge < -0.3 is 20.7 Å². The number of anilines is 2. The monoisotopic (exact) mass is 502 g/mol. The number of benzene rings is 2. The number of ether oxygens (including phenoxy) is 1. The van der Waals surface area contributed by atoms with Gasteiger partial charge in [0.25, 0.3) is 5.52 Å². The number of pyridine rings is 1. The van der Waals surface area contributed by atoms with E-state index in [0.717, 1.165) is 35.3 Å². The van der Waals surface area contributed by atoms with E-state index in [-0.39, 0.29) is 16.7 Å². The molecule has 2 aromatic carbocycles. The number of nitrogens with one attached hydrogen (secondary N) is 1. The summed E-state index contributed by atoms with van der Waals surface area (Å²) in [4.78, 5) is 15.1. The van der Waals surface area contributed by atoms with Gasteiger partial charge >= 0.3 is 0 Å². The summed E-state index contributed by atoms with van der Waals surface area (Å²) in [6.07, 6.45) is 7.88. The highest BCUT2D eigenvalue weighted by Crippen LogP contribution is 2.44. The number of likely N-dealkylation sites (N-methyl/N-ethyl adjacent to an activating group) is 1. The van der Waals surface area contributed by atoms with Crippen molar-refractivity contribution >= 4 is 45.1 Å². The van der Waals surface area contributed by atoms with Gasteiger partial charge in [0.1, 0.15) is 23.5 Å². The normalized spacial score (nSPS) is 15.1. The molecular formula is C27H29FN7O2+. The Morgan fingerprint density at radius 2 is 2.11 bits per heavy atom. The predicted molar refractivity (Wildman–Crippen MR) is 142 cm³/mol. The van der Waals surface area contributed by atoms with Crippen molar-refractivity contribution in [3.63, 3.8) is 0 Å². The van der Waals surface area contributed by atoms with E-state index in [2.05, 4.69) is 25.2 Å². The summed E-state index contributed by atoms with van der Waals surface area (Å²) in [5.74, 6) is 0.472. The summed E-state index contributed by atoms with van der Waals surface area (Å²) in [6.45, 7) is 0.756. The second-order valence-electron chi connectivity index (χ2n) is 9.46. The quantitative estimate of drug-likeness (QED) is 0.191. The fourth-order valence-electron chi connectivity index (χ4n) is 4.56. The highest BCUT2D eigenvalue weighted by molar-refractivity contribution is 6.11. The largest absolute Gasteiger partial charge is 0.485 e. The van der Waals surface area contributed by atoms with Crippen LogP contribution in [0.4, 0.5) is 15.9 Å². The smallest absolute Gasteiger partial charge is 0.267 e. The molecule has 0 spiro atoms. The van der Waals surface area contributed by atoms with Gasteiger partial charge in [0.15, 0.2) is 5.82 Å². The zero-order valence-corrected chi connectivity index (χ0v) is 20.9. The average molecular weight is 503 g/mol. The van der Waals surface area contributed by atoms with E-state index in [0.29, 0.717) is 28.0 Å². The van der Waals surface area contributed by atoms with E-state index in [1.165, 1.54) is 18.7 Å². The second-order valence-corrected chi connectivity index (χ2v) is 9.46. The summed E-state index contributed by atoms with van der Waals surface area (Å²) < 4.78 is 23.0. The molecule has 4 N–H and O–H groups in total. The van der Waals surface area contributed by atoms with Crippen molar-refractivity contribution in [1.29, 1.82) is 0 Å². The number of hydrogen-bond donors (Lipinski definition) is 3. The molecule has 0 aliphatic heterocycles. The van der Waals surface area contributed by atoms with Crippen LogP contribution in [0, 0.1) is 5.82 Å². The van der Waals surface area contributed by atoms with E-state index in [9.17, 15) is 5.21 Å². The molecule has 4 aromatic rings. The molecule has 0 amide bonds. The van der Waals surface area contributed by atoms with E-state index in [4.69, 9.17) is 10.5 Å². The maximum absolute atomic E-state index is 15.5. The van der Waals surface area contributed by atoms with Gasteiger partial charge in [-0.05, 0) is 56.8 Å². The molecule has 1 aliphatic rings. The van der Waals surface area contributed by atoms with Crippen molar-refractivity contribution in [2.24, 2.45) is 10.7 Å². The number of aliphatic imine (C=N–C) groups is 1. The molecule has 10 heteroatoms. The van der Waals surface area contributed by atoms with Crippen LogP contribution in [0.5, 0.6) is 5.75 Å². The van der Waals surface area contributed by atoms with Crippen molar-refractivity contribution in [1.82, 2.24) is 14.9 Å². The van der Waals surface area contributed by atoms with Crippen LogP contribution in [0.25, 0.3) is 27.4 Å². The lowest BCUT2D eigenvalue weighted by Gasteiger charge is -2.24. The first-order valence-electron chi connectivity index (χ1n) is 11.9. The van der Waals surface area contributed by atoms with Gasteiger partial charge in [-0.3, -0.25) is 10.2 Å². The summed E-state index contributed by atoms with van der Waals surface area (Å²) in [5, 5.41) is 14.1. The predicted octanol–water partition coefficient (Wildman–Crippen LogP) is 3.66. The molecule has 0 unspecified atom stereocenters. The van der Waals surface area contributed by atoms with Crippen molar-refractivity contribution in [2.75, 3.05) is 33.0 Å². The van der Waals surface area contributed by atoms with Gasteiger partial charge in [-0.2, -0.15) is 0 Å². The maximum atomic E-state index is 15.5. The first-order valence-corrected chi connectivity index (χ1v) is 11.9. The van der Waals surface area contributed by atoms with Crippen LogP contribution in [-0.2, 0) is 0 Å².